The van der Waals surface area contributed by atoms with Crippen LogP contribution >= 0.6 is 0 Å². The van der Waals surface area contributed by atoms with E-state index in [1.807, 2.05) is 0 Å². The summed E-state index contributed by atoms with van der Waals surface area (Å²) in [6, 6.07) is 1.41. The lowest BCUT2D eigenvalue weighted by molar-refractivity contribution is -0.123. The van der Waals surface area contributed by atoms with Crippen LogP contribution in [0.5, 0.6) is 0 Å². The highest BCUT2D eigenvalue weighted by atomic mass is 16.1. The summed E-state index contributed by atoms with van der Waals surface area (Å²) in [4.78, 5) is 14.7. The molecule has 114 valence electrons. The number of likely N-dealkylation sites (tertiary alicyclic amines) is 1. The predicted octanol–water partition coefficient (Wildman–Crippen LogP) is 1.64. The monoisotopic (exact) mass is 279 g/mol. The van der Waals surface area contributed by atoms with Crippen molar-refractivity contribution < 1.29 is 4.79 Å². The molecule has 3 aliphatic rings. The molecule has 4 nitrogen and oxygen atoms in total. The summed E-state index contributed by atoms with van der Waals surface area (Å²) in [5.74, 6) is 1.07. The van der Waals surface area contributed by atoms with Crippen LogP contribution in [0, 0.1) is 5.92 Å². The standard InChI is InChI=1S/C16H29N3O/c17-11-14(10-16(20)18-13-7-8-13)19-9-3-5-12-4-1-2-6-15(12)19/h12-15H,1-11,17H2,(H,18,20)/t12-,14?,15-/m1/s1. The van der Waals surface area contributed by atoms with E-state index in [2.05, 4.69) is 10.2 Å². The Balaban J connectivity index is 1.59. The van der Waals surface area contributed by atoms with Crippen molar-refractivity contribution in [1.29, 1.82) is 0 Å². The molecule has 3 N–H and O–H groups in total. The fourth-order valence-corrected chi connectivity index (χ4v) is 4.18. The quantitative estimate of drug-likeness (QED) is 0.804. The number of amides is 1. The third-order valence-electron chi connectivity index (χ3n) is 5.39. The van der Waals surface area contributed by atoms with Crippen molar-refractivity contribution in [3.05, 3.63) is 0 Å². The molecule has 20 heavy (non-hydrogen) atoms. The molecule has 3 atom stereocenters. The minimum Gasteiger partial charge on any atom is -0.353 e. The maximum absolute atomic E-state index is 12.1. The van der Waals surface area contributed by atoms with Gasteiger partial charge in [-0.05, 0) is 51.0 Å². The molecule has 0 aromatic heterocycles. The van der Waals surface area contributed by atoms with Gasteiger partial charge >= 0.3 is 0 Å². The molecule has 1 aliphatic heterocycles. The lowest BCUT2D eigenvalue weighted by atomic mass is 9.77. The average molecular weight is 279 g/mol. The van der Waals surface area contributed by atoms with E-state index in [1.165, 1.54) is 38.5 Å². The molecule has 0 bridgehead atoms. The summed E-state index contributed by atoms with van der Waals surface area (Å²) in [5, 5.41) is 3.11. The second-order valence-electron chi connectivity index (χ2n) is 6.93. The summed E-state index contributed by atoms with van der Waals surface area (Å²) in [7, 11) is 0. The van der Waals surface area contributed by atoms with E-state index in [0.29, 0.717) is 25.0 Å². The molecule has 0 aromatic carbocycles. The Morgan fingerprint density at radius 2 is 1.90 bits per heavy atom. The highest BCUT2D eigenvalue weighted by molar-refractivity contribution is 5.77. The van der Waals surface area contributed by atoms with Crippen LogP contribution in [0.3, 0.4) is 0 Å². The van der Waals surface area contributed by atoms with Gasteiger partial charge in [-0.15, -0.1) is 0 Å². The van der Waals surface area contributed by atoms with Crippen molar-refractivity contribution in [2.75, 3.05) is 13.1 Å². The van der Waals surface area contributed by atoms with Crippen LogP contribution in [0.2, 0.25) is 0 Å². The largest absolute Gasteiger partial charge is 0.353 e. The predicted molar refractivity (Wildman–Crippen MR) is 80.3 cm³/mol. The lowest BCUT2D eigenvalue weighted by Crippen LogP contribution is -2.54. The normalized spacial score (nSPS) is 32.5. The molecule has 4 heteroatoms. The summed E-state index contributed by atoms with van der Waals surface area (Å²) < 4.78 is 0. The van der Waals surface area contributed by atoms with Crippen molar-refractivity contribution in [3.63, 3.8) is 0 Å². The van der Waals surface area contributed by atoms with Gasteiger partial charge in [0.25, 0.3) is 0 Å². The SMILES string of the molecule is NCC(CC(=O)NC1CC1)N1CCC[C@H]2CCCC[C@H]21. The Morgan fingerprint density at radius 3 is 2.65 bits per heavy atom. The molecule has 2 saturated carbocycles. The maximum Gasteiger partial charge on any atom is 0.221 e. The molecule has 1 amide bonds. The van der Waals surface area contributed by atoms with Crippen molar-refractivity contribution in [3.8, 4) is 0 Å². The van der Waals surface area contributed by atoms with Crippen molar-refractivity contribution >= 4 is 5.91 Å². The number of carbonyl (C=O) groups is 1. The number of piperidine rings is 1. The molecule has 3 fully saturated rings. The van der Waals surface area contributed by atoms with Crippen LogP contribution in [-0.4, -0.2) is 42.0 Å². The van der Waals surface area contributed by atoms with Crippen LogP contribution in [0.25, 0.3) is 0 Å². The maximum atomic E-state index is 12.1. The first kappa shape index (κ1) is 14.3. The van der Waals surface area contributed by atoms with Gasteiger partial charge in [-0.2, -0.15) is 0 Å². The molecule has 0 aromatic rings. The molecule has 1 heterocycles. The Hall–Kier alpha value is -0.610. The first-order valence-electron chi connectivity index (χ1n) is 8.53. The fraction of sp³-hybridized carbons (Fsp3) is 0.938. The van der Waals surface area contributed by atoms with Gasteiger partial charge in [0.15, 0.2) is 0 Å². The molecule has 1 unspecified atom stereocenters. The van der Waals surface area contributed by atoms with Gasteiger partial charge in [0.1, 0.15) is 0 Å². The number of fused-ring (bicyclic) bond motifs is 1. The molecule has 3 rings (SSSR count). The van der Waals surface area contributed by atoms with Crippen molar-refractivity contribution in [1.82, 2.24) is 10.2 Å². The van der Waals surface area contributed by atoms with E-state index in [9.17, 15) is 4.79 Å². The summed E-state index contributed by atoms with van der Waals surface area (Å²) in [5.41, 5.74) is 6.00. The topological polar surface area (TPSA) is 58.4 Å². The van der Waals surface area contributed by atoms with Gasteiger partial charge < -0.3 is 11.1 Å². The first-order chi connectivity index (χ1) is 9.78. The Labute approximate surface area is 122 Å². The van der Waals surface area contributed by atoms with Gasteiger partial charge in [-0.1, -0.05) is 12.8 Å². The van der Waals surface area contributed by atoms with Gasteiger partial charge in [-0.25, -0.2) is 0 Å². The number of hydrogen-bond donors (Lipinski definition) is 2. The number of nitrogens with one attached hydrogen (secondary N) is 1. The van der Waals surface area contributed by atoms with E-state index >= 15 is 0 Å². The third kappa shape index (κ3) is 3.34. The first-order valence-corrected chi connectivity index (χ1v) is 8.53. The zero-order chi connectivity index (χ0) is 13.9. The van der Waals surface area contributed by atoms with Gasteiger partial charge in [-0.3, -0.25) is 9.69 Å². The number of hydrogen-bond acceptors (Lipinski definition) is 3. The van der Waals surface area contributed by atoms with Crippen LogP contribution in [0.15, 0.2) is 0 Å². The number of rotatable bonds is 5. The summed E-state index contributed by atoms with van der Waals surface area (Å²) in [6.45, 7) is 1.75. The zero-order valence-electron chi connectivity index (χ0n) is 12.5. The van der Waals surface area contributed by atoms with E-state index in [4.69, 9.17) is 5.73 Å². The van der Waals surface area contributed by atoms with Crippen LogP contribution in [-0.2, 0) is 4.79 Å². The highest BCUT2D eigenvalue weighted by Gasteiger charge is 2.37. The minimum absolute atomic E-state index is 0.209. The summed E-state index contributed by atoms with van der Waals surface area (Å²) in [6.07, 6.45) is 11.0. The second kappa shape index (κ2) is 6.44. The third-order valence-corrected chi connectivity index (χ3v) is 5.39. The fourth-order valence-electron chi connectivity index (χ4n) is 4.18. The van der Waals surface area contributed by atoms with Crippen molar-refractivity contribution in [2.45, 2.75) is 75.9 Å². The van der Waals surface area contributed by atoms with Gasteiger partial charge in [0, 0.05) is 31.1 Å². The number of nitrogens with zero attached hydrogens (tertiary/aromatic N) is 1. The molecule has 2 aliphatic carbocycles. The van der Waals surface area contributed by atoms with E-state index in [1.54, 1.807) is 0 Å². The molecule has 0 radical (unpaired) electrons. The second-order valence-corrected chi connectivity index (χ2v) is 6.93. The van der Waals surface area contributed by atoms with Gasteiger partial charge in [0.05, 0.1) is 0 Å². The van der Waals surface area contributed by atoms with E-state index in [-0.39, 0.29) is 11.9 Å². The average Bonchev–Trinajstić information content (AvgIpc) is 3.28. The van der Waals surface area contributed by atoms with Gasteiger partial charge in [0.2, 0.25) is 5.91 Å². The van der Waals surface area contributed by atoms with E-state index in [0.717, 1.165) is 25.3 Å². The smallest absolute Gasteiger partial charge is 0.221 e. The molecular weight excluding hydrogens is 250 g/mol. The number of carbonyl (C=O) groups excluding carboxylic acids is 1. The Kier molecular flexibility index (Phi) is 4.61. The number of nitrogens with two attached hydrogens (primary N) is 1. The van der Waals surface area contributed by atoms with Crippen molar-refractivity contribution in [2.24, 2.45) is 11.7 Å². The molecule has 0 spiro atoms. The van der Waals surface area contributed by atoms with E-state index < -0.39 is 0 Å². The molecular formula is C16H29N3O. The Bertz CT molecular complexity index is 341. The minimum atomic E-state index is 0.209. The molecule has 1 saturated heterocycles. The van der Waals surface area contributed by atoms with Crippen LogP contribution < -0.4 is 11.1 Å². The Morgan fingerprint density at radius 1 is 1.15 bits per heavy atom. The van der Waals surface area contributed by atoms with Crippen LogP contribution in [0.4, 0.5) is 0 Å². The summed E-state index contributed by atoms with van der Waals surface area (Å²) >= 11 is 0. The van der Waals surface area contributed by atoms with Crippen LogP contribution in [0.1, 0.15) is 57.8 Å². The highest BCUT2D eigenvalue weighted by Crippen LogP contribution is 2.36. The lowest BCUT2D eigenvalue weighted by Gasteiger charge is -2.47. The zero-order valence-corrected chi connectivity index (χ0v) is 12.5.